The maximum absolute atomic E-state index is 13.4. The van der Waals surface area contributed by atoms with Crippen LogP contribution in [0.2, 0.25) is 0 Å². The van der Waals surface area contributed by atoms with Gasteiger partial charge in [-0.3, -0.25) is 4.79 Å². The van der Waals surface area contributed by atoms with Gasteiger partial charge in [0.05, 0.1) is 4.47 Å². The van der Waals surface area contributed by atoms with E-state index in [0.29, 0.717) is 41.1 Å². The summed E-state index contributed by atoms with van der Waals surface area (Å²) >= 11 is 3.14. The lowest BCUT2D eigenvalue weighted by molar-refractivity contribution is -0.129. The molecule has 8 heteroatoms. The largest absolute Gasteiger partial charge is 0.337 e. The highest BCUT2D eigenvalue weighted by Gasteiger charge is 2.36. The van der Waals surface area contributed by atoms with Gasteiger partial charge >= 0.3 is 0 Å². The Balaban J connectivity index is 1.58. The van der Waals surface area contributed by atoms with Gasteiger partial charge in [-0.2, -0.15) is 4.98 Å². The molecule has 0 bridgehead atoms. The van der Waals surface area contributed by atoms with Gasteiger partial charge in [0.1, 0.15) is 17.7 Å². The molecule has 0 N–H and O–H groups in total. The molecule has 1 aliphatic heterocycles. The van der Waals surface area contributed by atoms with Gasteiger partial charge in [0.25, 0.3) is 0 Å². The second-order valence-corrected chi connectivity index (χ2v) is 7.14. The summed E-state index contributed by atoms with van der Waals surface area (Å²) in [5.41, 5.74) is 1.42. The maximum Gasteiger partial charge on any atom is 0.249 e. The number of likely N-dealkylation sites (tertiary alicyclic amines) is 1. The molecule has 3 aromatic rings. The van der Waals surface area contributed by atoms with E-state index in [9.17, 15) is 13.6 Å². The summed E-state index contributed by atoms with van der Waals surface area (Å²) in [4.78, 5) is 18.4. The monoisotopic (exact) mass is 433 g/mol. The van der Waals surface area contributed by atoms with E-state index in [1.54, 1.807) is 29.2 Å². The second kappa shape index (κ2) is 7.19. The molecular formula is C19H14BrF2N3O2. The number of rotatable bonds is 4. The van der Waals surface area contributed by atoms with Gasteiger partial charge in [-0.15, -0.1) is 0 Å². The first kappa shape index (κ1) is 17.8. The minimum Gasteiger partial charge on any atom is -0.337 e. The number of carbonyl (C=O) groups is 1. The zero-order valence-corrected chi connectivity index (χ0v) is 15.6. The molecule has 138 valence electrons. The summed E-state index contributed by atoms with van der Waals surface area (Å²) in [5.74, 6) is -0.0665. The van der Waals surface area contributed by atoms with E-state index in [-0.39, 0.29) is 23.6 Å². The lowest BCUT2D eigenvalue weighted by Crippen LogP contribution is -2.27. The Labute approximate surface area is 162 Å². The Bertz CT molecular complexity index is 991. The molecule has 1 aliphatic rings. The molecule has 5 nitrogen and oxygen atoms in total. The first-order valence-electron chi connectivity index (χ1n) is 8.34. The molecule has 1 fully saturated rings. The average molecular weight is 434 g/mol. The molecule has 2 heterocycles. The highest BCUT2D eigenvalue weighted by atomic mass is 79.9. The van der Waals surface area contributed by atoms with Gasteiger partial charge < -0.3 is 9.42 Å². The highest BCUT2D eigenvalue weighted by molar-refractivity contribution is 9.10. The Morgan fingerprint density at radius 1 is 1.19 bits per heavy atom. The van der Waals surface area contributed by atoms with Crippen LogP contribution in [0.5, 0.6) is 0 Å². The number of carbonyl (C=O) groups excluding carboxylic acids is 1. The fraction of sp³-hybridized carbons (Fsp3) is 0.211. The Hall–Kier alpha value is -2.61. The fourth-order valence-corrected chi connectivity index (χ4v) is 3.48. The third-order valence-electron chi connectivity index (χ3n) is 4.50. The Kier molecular flexibility index (Phi) is 4.73. The highest BCUT2D eigenvalue weighted by Crippen LogP contribution is 2.34. The van der Waals surface area contributed by atoms with Gasteiger partial charge in [0.15, 0.2) is 0 Å². The topological polar surface area (TPSA) is 59.2 Å². The first-order valence-corrected chi connectivity index (χ1v) is 9.13. The van der Waals surface area contributed by atoms with Crippen LogP contribution < -0.4 is 0 Å². The van der Waals surface area contributed by atoms with Crippen molar-refractivity contribution in [2.45, 2.75) is 25.4 Å². The van der Waals surface area contributed by atoms with Crippen LogP contribution in [-0.2, 0) is 11.3 Å². The number of nitrogens with zero attached hydrogens (tertiary/aromatic N) is 3. The van der Waals surface area contributed by atoms with E-state index in [2.05, 4.69) is 26.1 Å². The summed E-state index contributed by atoms with van der Waals surface area (Å²) in [6.45, 7) is 0.337. The van der Waals surface area contributed by atoms with Crippen LogP contribution >= 0.6 is 15.9 Å². The van der Waals surface area contributed by atoms with Crippen LogP contribution in [0, 0.1) is 11.6 Å². The summed E-state index contributed by atoms with van der Waals surface area (Å²) in [6, 6.07) is 10.1. The molecule has 1 aromatic heterocycles. The van der Waals surface area contributed by atoms with Crippen LogP contribution in [0.4, 0.5) is 8.78 Å². The zero-order valence-electron chi connectivity index (χ0n) is 14.0. The molecule has 1 unspecified atom stereocenters. The molecule has 2 aromatic carbocycles. The lowest BCUT2D eigenvalue weighted by Gasteiger charge is -2.22. The van der Waals surface area contributed by atoms with Crippen LogP contribution in [0.25, 0.3) is 11.4 Å². The number of benzene rings is 2. The van der Waals surface area contributed by atoms with Crippen molar-refractivity contribution in [2.24, 2.45) is 0 Å². The second-order valence-electron chi connectivity index (χ2n) is 6.29. The summed E-state index contributed by atoms with van der Waals surface area (Å²) < 4.78 is 32.2. The molecule has 4 rings (SSSR count). The van der Waals surface area contributed by atoms with E-state index in [4.69, 9.17) is 4.52 Å². The summed E-state index contributed by atoms with van der Waals surface area (Å²) in [5, 5.41) is 3.96. The van der Waals surface area contributed by atoms with Gasteiger partial charge in [0, 0.05) is 18.5 Å². The van der Waals surface area contributed by atoms with Crippen LogP contribution in [0.3, 0.4) is 0 Å². The van der Waals surface area contributed by atoms with Crippen molar-refractivity contribution in [1.29, 1.82) is 0 Å². The van der Waals surface area contributed by atoms with Crippen molar-refractivity contribution in [3.8, 4) is 11.4 Å². The van der Waals surface area contributed by atoms with E-state index in [0.717, 1.165) is 5.56 Å². The molecule has 0 aliphatic carbocycles. The summed E-state index contributed by atoms with van der Waals surface area (Å²) in [6.07, 6.45) is 0.945. The fourth-order valence-electron chi connectivity index (χ4n) is 3.10. The molecular weight excluding hydrogens is 420 g/mol. The quantitative estimate of drug-likeness (QED) is 0.601. The predicted octanol–water partition coefficient (Wildman–Crippen LogP) is 4.64. The van der Waals surface area contributed by atoms with Gasteiger partial charge in [-0.05, 0) is 58.2 Å². The van der Waals surface area contributed by atoms with Crippen molar-refractivity contribution >= 4 is 21.8 Å². The zero-order chi connectivity index (χ0) is 19.0. The molecule has 27 heavy (non-hydrogen) atoms. The van der Waals surface area contributed by atoms with Crippen molar-refractivity contribution in [1.82, 2.24) is 15.0 Å². The third kappa shape index (κ3) is 3.62. The Morgan fingerprint density at radius 3 is 2.70 bits per heavy atom. The maximum atomic E-state index is 13.4. The number of aromatic nitrogens is 2. The van der Waals surface area contributed by atoms with Crippen LogP contribution in [0.1, 0.15) is 30.3 Å². The van der Waals surface area contributed by atoms with E-state index >= 15 is 0 Å². The first-order chi connectivity index (χ1) is 13.0. The molecule has 0 spiro atoms. The minimum atomic E-state index is -0.380. The number of amides is 1. The lowest BCUT2D eigenvalue weighted by atomic mass is 10.1. The molecule has 1 atom stereocenters. The molecule has 0 saturated carbocycles. The van der Waals surface area contributed by atoms with Gasteiger partial charge in [-0.25, -0.2) is 8.78 Å². The normalized spacial score (nSPS) is 16.9. The molecule has 1 saturated heterocycles. The van der Waals surface area contributed by atoms with Crippen LogP contribution in [0.15, 0.2) is 51.5 Å². The van der Waals surface area contributed by atoms with Gasteiger partial charge in [0.2, 0.25) is 17.6 Å². The molecule has 0 radical (unpaired) electrons. The smallest absolute Gasteiger partial charge is 0.249 e. The number of hydrogen-bond acceptors (Lipinski definition) is 4. The third-order valence-corrected chi connectivity index (χ3v) is 5.11. The average Bonchev–Trinajstić information content (AvgIpc) is 3.27. The van der Waals surface area contributed by atoms with E-state index < -0.39 is 0 Å². The van der Waals surface area contributed by atoms with Crippen molar-refractivity contribution in [3.05, 3.63) is 70.0 Å². The standard InChI is InChI=1S/C19H14BrF2N3O2/c20-14-9-12(3-6-15(14)22)18-23-19(27-24-18)16-7-8-17(26)25(16)10-11-1-4-13(21)5-2-11/h1-6,9,16H,7-8,10H2. The van der Waals surface area contributed by atoms with Gasteiger partial charge in [-0.1, -0.05) is 17.3 Å². The van der Waals surface area contributed by atoms with E-state index in [1.807, 2.05) is 0 Å². The van der Waals surface area contributed by atoms with Crippen LogP contribution in [-0.4, -0.2) is 20.9 Å². The van der Waals surface area contributed by atoms with Crippen molar-refractivity contribution in [2.75, 3.05) is 0 Å². The number of halogens is 3. The predicted molar refractivity (Wildman–Crippen MR) is 96.3 cm³/mol. The van der Waals surface area contributed by atoms with Crippen molar-refractivity contribution in [3.63, 3.8) is 0 Å². The number of hydrogen-bond donors (Lipinski definition) is 0. The van der Waals surface area contributed by atoms with Crippen molar-refractivity contribution < 1.29 is 18.1 Å². The Morgan fingerprint density at radius 2 is 1.96 bits per heavy atom. The van der Waals surface area contributed by atoms with E-state index in [1.165, 1.54) is 18.2 Å². The SMILES string of the molecule is O=C1CCC(c2nc(-c3ccc(F)c(Br)c3)no2)N1Cc1ccc(F)cc1. The minimum absolute atomic E-state index is 0.0198. The summed E-state index contributed by atoms with van der Waals surface area (Å²) in [7, 11) is 0. The molecule has 1 amide bonds.